The lowest BCUT2D eigenvalue weighted by molar-refractivity contribution is -0.134. The van der Waals surface area contributed by atoms with Gasteiger partial charge >= 0.3 is 0 Å². The highest BCUT2D eigenvalue weighted by atomic mass is 35.5. The lowest BCUT2D eigenvalue weighted by Crippen LogP contribution is -2.51. The highest BCUT2D eigenvalue weighted by Gasteiger charge is 2.32. The van der Waals surface area contributed by atoms with Crippen molar-refractivity contribution >= 4 is 55.9 Å². The van der Waals surface area contributed by atoms with E-state index in [0.717, 1.165) is 23.6 Å². The molecule has 0 radical (unpaired) electrons. The largest absolute Gasteiger partial charge is 0.497 e. The lowest BCUT2D eigenvalue weighted by Gasteiger charge is -2.33. The number of nitrogens with zero attached hydrogens (tertiary/aromatic N) is 2. The Morgan fingerprint density at radius 1 is 1.16 bits per heavy atom. The van der Waals surface area contributed by atoms with E-state index in [-0.39, 0.29) is 29.6 Å². The molecule has 1 fully saturated rings. The fraction of sp³-hybridized carbons (Fsp3) is 0.333. The first kappa shape index (κ1) is 27.7. The smallest absolute Gasteiger partial charge is 0.241 e. The topological polar surface area (TPSA) is 128 Å². The van der Waals surface area contributed by atoms with Crippen molar-refractivity contribution in [2.75, 3.05) is 25.9 Å². The number of furan rings is 1. The molecule has 9 nitrogen and oxygen atoms in total. The molecule has 1 atom stereocenters. The van der Waals surface area contributed by atoms with Gasteiger partial charge in [0.1, 0.15) is 29.0 Å². The standard InChI is InChI=1S/C27H30N4O5S.ClH/c1-17-8-11-31(12-9-17)27(32)24(16-21-15-23-25(36-21)7-10-29-26(23)28)30-37(33,34)22-6-4-18-3-5-20(35-2)13-19(18)14-22;/h3-7,10,13-15,17,24,30H,8-9,11-12,16H2,1-2H3,(H2,28,29);1H. The fourth-order valence-corrected chi connectivity index (χ4v) is 5.94. The molecule has 1 aliphatic heterocycles. The zero-order valence-electron chi connectivity index (χ0n) is 21.2. The maximum Gasteiger partial charge on any atom is 0.241 e. The van der Waals surface area contributed by atoms with Crippen molar-refractivity contribution in [2.24, 2.45) is 5.92 Å². The van der Waals surface area contributed by atoms with Gasteiger partial charge in [-0.1, -0.05) is 19.1 Å². The summed E-state index contributed by atoms with van der Waals surface area (Å²) in [5.41, 5.74) is 6.50. The second-order valence-corrected chi connectivity index (χ2v) is 11.3. The minimum atomic E-state index is -4.04. The van der Waals surface area contributed by atoms with Gasteiger partial charge in [-0.05, 0) is 65.9 Å². The third-order valence-electron chi connectivity index (χ3n) is 6.95. The van der Waals surface area contributed by atoms with Crippen LogP contribution in [0.5, 0.6) is 5.75 Å². The molecule has 0 spiro atoms. The Bertz CT molecular complexity index is 1560. The van der Waals surface area contributed by atoms with Crippen LogP contribution in [0.15, 0.2) is 64.0 Å². The summed E-state index contributed by atoms with van der Waals surface area (Å²) >= 11 is 0. The van der Waals surface area contributed by atoms with E-state index in [0.29, 0.717) is 47.3 Å². The maximum absolute atomic E-state index is 13.6. The molecule has 1 aliphatic rings. The van der Waals surface area contributed by atoms with E-state index in [1.165, 1.54) is 6.07 Å². The highest BCUT2D eigenvalue weighted by Crippen LogP contribution is 2.27. The number of methoxy groups -OCH3 is 1. The van der Waals surface area contributed by atoms with Crippen LogP contribution in [0.2, 0.25) is 0 Å². The molecule has 1 amide bonds. The van der Waals surface area contributed by atoms with Crippen molar-refractivity contribution in [3.8, 4) is 5.75 Å². The van der Waals surface area contributed by atoms with Gasteiger partial charge in [-0.25, -0.2) is 13.4 Å². The molecule has 4 aromatic rings. The van der Waals surface area contributed by atoms with Gasteiger partial charge in [0.2, 0.25) is 15.9 Å². The molecule has 0 aliphatic carbocycles. The van der Waals surface area contributed by atoms with E-state index < -0.39 is 16.1 Å². The zero-order chi connectivity index (χ0) is 26.2. The molecule has 2 aromatic carbocycles. The van der Waals surface area contributed by atoms with Crippen LogP contribution in [-0.4, -0.2) is 50.5 Å². The number of likely N-dealkylation sites (tertiary alicyclic amines) is 1. The normalized spacial score (nSPS) is 15.4. The second-order valence-electron chi connectivity index (χ2n) is 9.58. The maximum atomic E-state index is 13.6. The van der Waals surface area contributed by atoms with Crippen molar-refractivity contribution in [1.29, 1.82) is 0 Å². The molecular weight excluding hydrogens is 528 g/mol. The van der Waals surface area contributed by atoms with E-state index in [1.54, 1.807) is 48.5 Å². The highest BCUT2D eigenvalue weighted by molar-refractivity contribution is 7.89. The number of hydrogen-bond acceptors (Lipinski definition) is 7. The summed E-state index contributed by atoms with van der Waals surface area (Å²) in [6.07, 6.45) is 3.34. The molecule has 202 valence electrons. The Hall–Kier alpha value is -3.34. The first-order valence-corrected chi connectivity index (χ1v) is 13.7. The van der Waals surface area contributed by atoms with Gasteiger partial charge in [-0.3, -0.25) is 4.79 Å². The number of fused-ring (bicyclic) bond motifs is 2. The summed E-state index contributed by atoms with van der Waals surface area (Å²) < 4.78 is 40.9. The summed E-state index contributed by atoms with van der Waals surface area (Å²) in [6, 6.07) is 12.7. The van der Waals surface area contributed by atoms with Gasteiger partial charge in [-0.2, -0.15) is 4.72 Å². The van der Waals surface area contributed by atoms with Crippen molar-refractivity contribution < 1.29 is 22.4 Å². The number of amides is 1. The quantitative estimate of drug-likeness (QED) is 0.349. The number of carbonyl (C=O) groups excluding carboxylic acids is 1. The van der Waals surface area contributed by atoms with E-state index in [2.05, 4.69) is 16.6 Å². The molecule has 11 heteroatoms. The second kappa shape index (κ2) is 11.2. The van der Waals surface area contributed by atoms with Crippen LogP contribution in [0.4, 0.5) is 5.82 Å². The summed E-state index contributed by atoms with van der Waals surface area (Å²) in [5.74, 6) is 1.64. The SMILES string of the molecule is COc1ccc2ccc(S(=O)(=O)NC(Cc3cc4c(N)nccc4o3)C(=O)N3CCC(C)CC3)cc2c1.Cl. The van der Waals surface area contributed by atoms with Crippen LogP contribution in [0.1, 0.15) is 25.5 Å². The number of hydrogen-bond donors (Lipinski definition) is 2. The number of ether oxygens (including phenoxy) is 1. The predicted octanol–water partition coefficient (Wildman–Crippen LogP) is 4.14. The van der Waals surface area contributed by atoms with Crippen LogP contribution in [0, 0.1) is 5.92 Å². The molecule has 1 unspecified atom stereocenters. The molecule has 38 heavy (non-hydrogen) atoms. The fourth-order valence-electron chi connectivity index (χ4n) is 4.72. The van der Waals surface area contributed by atoms with Crippen LogP contribution in [0.25, 0.3) is 21.7 Å². The monoisotopic (exact) mass is 558 g/mol. The number of rotatable bonds is 7. The first-order valence-electron chi connectivity index (χ1n) is 12.3. The number of benzene rings is 2. The number of halogens is 1. The first-order chi connectivity index (χ1) is 17.7. The van der Waals surface area contributed by atoms with Gasteiger partial charge in [-0.15, -0.1) is 12.4 Å². The number of nitrogens with one attached hydrogen (secondary N) is 1. The van der Waals surface area contributed by atoms with Gasteiger partial charge in [0, 0.05) is 25.7 Å². The molecule has 2 aromatic heterocycles. The molecule has 3 N–H and O–H groups in total. The number of aromatic nitrogens is 1. The Labute approximate surface area is 227 Å². The van der Waals surface area contributed by atoms with Crippen LogP contribution >= 0.6 is 12.4 Å². The number of anilines is 1. The number of nitrogen functional groups attached to an aromatic ring is 1. The van der Waals surface area contributed by atoms with E-state index in [1.807, 2.05) is 12.1 Å². The van der Waals surface area contributed by atoms with E-state index in [4.69, 9.17) is 14.9 Å². The number of carbonyl (C=O) groups is 1. The summed E-state index contributed by atoms with van der Waals surface area (Å²) in [5, 5.41) is 2.22. The lowest BCUT2D eigenvalue weighted by atomic mass is 9.98. The Morgan fingerprint density at radius 2 is 1.89 bits per heavy atom. The Morgan fingerprint density at radius 3 is 2.61 bits per heavy atom. The molecule has 3 heterocycles. The van der Waals surface area contributed by atoms with E-state index in [9.17, 15) is 13.2 Å². The molecule has 0 bridgehead atoms. The van der Waals surface area contributed by atoms with Gasteiger partial charge in [0.05, 0.1) is 17.4 Å². The van der Waals surface area contributed by atoms with Gasteiger partial charge in [0.25, 0.3) is 0 Å². The van der Waals surface area contributed by atoms with Crippen molar-refractivity contribution in [3.63, 3.8) is 0 Å². The minimum absolute atomic E-state index is 0. The average molecular weight is 559 g/mol. The zero-order valence-corrected chi connectivity index (χ0v) is 22.8. The van der Waals surface area contributed by atoms with Crippen LogP contribution < -0.4 is 15.2 Å². The number of nitrogens with two attached hydrogens (primary N) is 1. The van der Waals surface area contributed by atoms with Gasteiger partial charge < -0.3 is 19.8 Å². The van der Waals surface area contributed by atoms with Gasteiger partial charge in [0.15, 0.2) is 0 Å². The Balaban J connectivity index is 0.00000336. The number of pyridine rings is 1. The minimum Gasteiger partial charge on any atom is -0.497 e. The van der Waals surface area contributed by atoms with Crippen LogP contribution in [-0.2, 0) is 21.2 Å². The number of piperidine rings is 1. The predicted molar refractivity (Wildman–Crippen MR) is 149 cm³/mol. The van der Waals surface area contributed by atoms with Crippen LogP contribution in [0.3, 0.4) is 0 Å². The summed E-state index contributed by atoms with van der Waals surface area (Å²) in [4.78, 5) is 19.5. The van der Waals surface area contributed by atoms with Crippen molar-refractivity contribution in [1.82, 2.24) is 14.6 Å². The van der Waals surface area contributed by atoms with Crippen molar-refractivity contribution in [3.05, 3.63) is 60.5 Å². The third-order valence-corrected chi connectivity index (χ3v) is 8.42. The third kappa shape index (κ3) is 5.72. The van der Waals surface area contributed by atoms with Crippen molar-refractivity contribution in [2.45, 2.75) is 37.1 Å². The Kier molecular flexibility index (Phi) is 8.15. The number of sulfonamides is 1. The molecule has 0 saturated carbocycles. The molecule has 5 rings (SSSR count). The molecule has 1 saturated heterocycles. The molecular formula is C27H31ClN4O5S. The summed E-state index contributed by atoms with van der Waals surface area (Å²) in [7, 11) is -2.48. The summed E-state index contributed by atoms with van der Waals surface area (Å²) in [6.45, 7) is 3.33. The average Bonchev–Trinajstić information content (AvgIpc) is 3.31. The van der Waals surface area contributed by atoms with E-state index >= 15 is 0 Å².